The molecule has 10 heteroatoms. The number of fused-ring (bicyclic) bond motifs is 1. The van der Waals surface area contributed by atoms with E-state index in [1.807, 2.05) is 31.3 Å². The largest absolute Gasteiger partial charge is 0.492 e. The van der Waals surface area contributed by atoms with Crippen LogP contribution in [-0.2, 0) is 35.6 Å². The molecule has 0 radical (unpaired) electrons. The minimum Gasteiger partial charge on any atom is -0.492 e. The summed E-state index contributed by atoms with van der Waals surface area (Å²) in [6, 6.07) is 23.0. The van der Waals surface area contributed by atoms with E-state index in [9.17, 15) is 8.42 Å². The summed E-state index contributed by atoms with van der Waals surface area (Å²) in [6.45, 7) is 4.16. The Balaban J connectivity index is 1.40. The number of hydrogen-bond donors (Lipinski definition) is 0. The molecule has 3 aromatic rings. The zero-order valence-corrected chi connectivity index (χ0v) is 27.9. The lowest BCUT2D eigenvalue weighted by Crippen LogP contribution is -2.40. The van der Waals surface area contributed by atoms with E-state index in [2.05, 4.69) is 54.3 Å². The van der Waals surface area contributed by atoms with E-state index in [1.54, 1.807) is 14.2 Å². The Bertz CT molecular complexity index is 1450. The highest BCUT2D eigenvalue weighted by Gasteiger charge is 2.42. The van der Waals surface area contributed by atoms with Crippen molar-refractivity contribution in [3.63, 3.8) is 0 Å². The van der Waals surface area contributed by atoms with Crippen LogP contribution in [0.15, 0.2) is 66.7 Å². The Labute approximate surface area is 268 Å². The maximum Gasteiger partial charge on any atom is 0.264 e. The van der Waals surface area contributed by atoms with Crippen molar-refractivity contribution in [2.24, 2.45) is 0 Å². The molecular weight excluding hydrogens is 594 g/mol. The normalized spacial score (nSPS) is 17.8. The average Bonchev–Trinajstić information content (AvgIpc) is 3.04. The van der Waals surface area contributed by atoms with Gasteiger partial charge in [0, 0.05) is 50.9 Å². The number of ether oxygens (including phenoxy) is 5. The van der Waals surface area contributed by atoms with E-state index in [4.69, 9.17) is 27.9 Å². The number of hydrogen-bond acceptors (Lipinski definition) is 9. The lowest BCUT2D eigenvalue weighted by molar-refractivity contribution is 0.0505. The first-order valence-corrected chi connectivity index (χ1v) is 17.2. The van der Waals surface area contributed by atoms with Crippen LogP contribution in [0.3, 0.4) is 0 Å². The zero-order chi connectivity index (χ0) is 32.3. The Morgan fingerprint density at radius 2 is 1.56 bits per heavy atom. The van der Waals surface area contributed by atoms with Crippen molar-refractivity contribution < 1.29 is 36.3 Å². The van der Waals surface area contributed by atoms with Gasteiger partial charge in [-0.05, 0) is 72.7 Å². The fourth-order valence-electron chi connectivity index (χ4n) is 5.87. The van der Waals surface area contributed by atoms with Gasteiger partial charge in [0.15, 0.2) is 13.6 Å². The Morgan fingerprint density at radius 1 is 0.889 bits per heavy atom. The molecule has 1 aliphatic rings. The molecule has 0 fully saturated rings. The van der Waals surface area contributed by atoms with E-state index in [-0.39, 0.29) is 31.5 Å². The summed E-state index contributed by atoms with van der Waals surface area (Å²) in [4.78, 5) is 2.11. The molecule has 0 N–H and O–H groups in total. The van der Waals surface area contributed by atoms with Gasteiger partial charge in [-0.2, -0.15) is 8.42 Å². The minimum atomic E-state index is -3.40. The molecule has 3 aromatic carbocycles. The number of rotatable bonds is 18. The quantitative estimate of drug-likeness (QED) is 0.0901. The molecule has 1 heterocycles. The minimum absolute atomic E-state index is 0.189. The highest BCUT2D eigenvalue weighted by Crippen LogP contribution is 2.50. The molecule has 1 aliphatic heterocycles. The number of anilines is 1. The van der Waals surface area contributed by atoms with Crippen LogP contribution < -0.4 is 19.1 Å². The predicted octanol–water partition coefficient (Wildman–Crippen LogP) is 6.30. The Hall–Kier alpha value is -3.31. The Kier molecular flexibility index (Phi) is 12.5. The van der Waals surface area contributed by atoms with Crippen LogP contribution in [0.2, 0.25) is 0 Å². The van der Waals surface area contributed by atoms with Crippen molar-refractivity contribution in [3.05, 3.63) is 83.4 Å². The van der Waals surface area contributed by atoms with Crippen LogP contribution in [0.5, 0.6) is 17.2 Å². The molecule has 0 bridgehead atoms. The smallest absolute Gasteiger partial charge is 0.264 e. The van der Waals surface area contributed by atoms with Gasteiger partial charge in [0.25, 0.3) is 10.1 Å². The molecule has 45 heavy (non-hydrogen) atoms. The monoisotopic (exact) mass is 641 g/mol. The van der Waals surface area contributed by atoms with Crippen molar-refractivity contribution in [1.82, 2.24) is 0 Å². The maximum absolute atomic E-state index is 11.2. The van der Waals surface area contributed by atoms with Crippen LogP contribution in [0.4, 0.5) is 5.69 Å². The van der Waals surface area contributed by atoms with Gasteiger partial charge < -0.3 is 28.6 Å². The molecule has 0 aromatic heterocycles. The van der Waals surface area contributed by atoms with E-state index < -0.39 is 10.1 Å². The van der Waals surface area contributed by atoms with Gasteiger partial charge in [-0.15, -0.1) is 0 Å². The highest BCUT2D eigenvalue weighted by atomic mass is 32.2. The van der Waals surface area contributed by atoms with Gasteiger partial charge in [0.2, 0.25) is 0 Å². The molecular formula is C35H47NO8S. The second kappa shape index (κ2) is 16.3. The van der Waals surface area contributed by atoms with Crippen LogP contribution >= 0.6 is 0 Å². The number of unbranched alkanes of at least 4 members (excludes halogenated alkanes) is 1. The summed E-state index contributed by atoms with van der Waals surface area (Å²) < 4.78 is 55.0. The van der Waals surface area contributed by atoms with Gasteiger partial charge in [-0.3, -0.25) is 4.18 Å². The number of aryl methyl sites for hydroxylation is 1. The first-order valence-electron chi connectivity index (χ1n) is 15.4. The van der Waals surface area contributed by atoms with Crippen molar-refractivity contribution in [1.29, 1.82) is 0 Å². The first-order chi connectivity index (χ1) is 21.6. The standard InChI is InChI=1S/C35H47NO8S/c1-35(28-13-17-30(18-14-28)42-25-39-3)24-41-34-23-31(43-26-40-4)19-20-32(34)33(35)10-7-6-9-27-11-15-29(16-12-27)36(2)21-8-22-44-45(5,37)38/h11-20,23,33H,6-10,21-22,24-26H2,1-5H3/t33-,35-/m1/s1. The second-order valence-electron chi connectivity index (χ2n) is 11.8. The number of methoxy groups -OCH3 is 2. The average molecular weight is 642 g/mol. The van der Waals surface area contributed by atoms with Crippen LogP contribution in [-0.4, -0.2) is 69.3 Å². The third-order valence-corrected chi connectivity index (χ3v) is 8.97. The Morgan fingerprint density at radius 3 is 2.22 bits per heavy atom. The molecule has 246 valence electrons. The molecule has 0 spiro atoms. The van der Waals surface area contributed by atoms with E-state index in [0.29, 0.717) is 19.6 Å². The molecule has 0 saturated carbocycles. The van der Waals surface area contributed by atoms with Crippen molar-refractivity contribution >= 4 is 15.8 Å². The lowest BCUT2D eigenvalue weighted by atomic mass is 9.66. The molecule has 0 amide bonds. The lowest BCUT2D eigenvalue weighted by Gasteiger charge is -2.43. The van der Waals surface area contributed by atoms with Crippen molar-refractivity contribution in [2.75, 3.05) is 65.8 Å². The van der Waals surface area contributed by atoms with Crippen LogP contribution in [0.25, 0.3) is 0 Å². The summed E-state index contributed by atoms with van der Waals surface area (Å²) in [6.07, 6.45) is 5.86. The van der Waals surface area contributed by atoms with Crippen molar-refractivity contribution in [3.8, 4) is 17.2 Å². The summed E-state index contributed by atoms with van der Waals surface area (Å²) in [5, 5.41) is 0. The fraction of sp³-hybridized carbons (Fsp3) is 0.486. The highest BCUT2D eigenvalue weighted by molar-refractivity contribution is 7.85. The topological polar surface area (TPSA) is 92.8 Å². The number of nitrogens with zero attached hydrogens (tertiary/aromatic N) is 1. The number of benzene rings is 3. The van der Waals surface area contributed by atoms with Crippen LogP contribution in [0, 0.1) is 0 Å². The third-order valence-electron chi connectivity index (χ3n) is 8.38. The predicted molar refractivity (Wildman–Crippen MR) is 176 cm³/mol. The van der Waals surface area contributed by atoms with E-state index >= 15 is 0 Å². The summed E-state index contributed by atoms with van der Waals surface area (Å²) >= 11 is 0. The molecule has 0 unspecified atom stereocenters. The first kappa shape index (κ1) is 34.6. The molecule has 2 atom stereocenters. The van der Waals surface area contributed by atoms with E-state index in [1.165, 1.54) is 16.7 Å². The fourth-order valence-corrected chi connectivity index (χ4v) is 6.29. The van der Waals surface area contributed by atoms with Crippen molar-refractivity contribution in [2.45, 2.75) is 50.4 Å². The van der Waals surface area contributed by atoms with Gasteiger partial charge in [-0.1, -0.05) is 43.7 Å². The summed E-state index contributed by atoms with van der Waals surface area (Å²) in [5.41, 5.74) is 4.59. The van der Waals surface area contributed by atoms with Gasteiger partial charge >= 0.3 is 0 Å². The molecule has 9 nitrogen and oxygen atoms in total. The van der Waals surface area contributed by atoms with Crippen LogP contribution in [0.1, 0.15) is 55.2 Å². The summed E-state index contributed by atoms with van der Waals surface area (Å²) in [7, 11) is 1.83. The van der Waals surface area contributed by atoms with Gasteiger partial charge in [-0.25, -0.2) is 0 Å². The van der Waals surface area contributed by atoms with Gasteiger partial charge in [0.05, 0.1) is 19.5 Å². The SMILES string of the molecule is COCOc1ccc([C@@]2(C)COc3cc(OCOC)ccc3[C@H]2CCCCc2ccc(N(C)CCCOS(C)(=O)=O)cc2)cc1. The van der Waals surface area contributed by atoms with Gasteiger partial charge in [0.1, 0.15) is 17.2 Å². The molecule has 0 aliphatic carbocycles. The second-order valence-corrected chi connectivity index (χ2v) is 13.4. The molecule has 0 saturated heterocycles. The molecule has 4 rings (SSSR count). The van der Waals surface area contributed by atoms with E-state index in [0.717, 1.165) is 54.9 Å². The third kappa shape index (κ3) is 9.84. The zero-order valence-electron chi connectivity index (χ0n) is 27.1. The summed E-state index contributed by atoms with van der Waals surface area (Å²) in [5.74, 6) is 2.63. The maximum atomic E-state index is 11.2.